The van der Waals surface area contributed by atoms with Gasteiger partial charge in [0.25, 0.3) is 0 Å². The number of thiazole rings is 1. The normalized spacial score (nSPS) is 12.9. The molecule has 35 heavy (non-hydrogen) atoms. The molecule has 182 valence electrons. The Morgan fingerprint density at radius 1 is 1.11 bits per heavy atom. The zero-order chi connectivity index (χ0) is 24.9. The fourth-order valence-electron chi connectivity index (χ4n) is 4.08. The largest absolute Gasteiger partial charge is 0.375 e. The Labute approximate surface area is 213 Å². The molecule has 8 heteroatoms. The van der Waals surface area contributed by atoms with Crippen molar-refractivity contribution < 1.29 is 9.18 Å². The lowest BCUT2D eigenvalue weighted by Gasteiger charge is -2.06. The Balaban J connectivity index is 0.000000218. The summed E-state index contributed by atoms with van der Waals surface area (Å²) in [6.07, 6.45) is 8.36. The third-order valence-corrected chi connectivity index (χ3v) is 7.27. The van der Waals surface area contributed by atoms with E-state index in [2.05, 4.69) is 9.97 Å². The molecule has 0 amide bonds. The van der Waals surface area contributed by atoms with Crippen LogP contribution in [0.1, 0.15) is 48.1 Å². The van der Waals surface area contributed by atoms with Crippen LogP contribution in [0.2, 0.25) is 5.02 Å². The number of aryl methyl sites for hydroxylation is 3. The van der Waals surface area contributed by atoms with Crippen LogP contribution in [0.4, 0.5) is 9.52 Å². The maximum Gasteiger partial charge on any atom is 0.180 e. The molecule has 0 saturated heterocycles. The van der Waals surface area contributed by atoms with E-state index in [9.17, 15) is 9.18 Å². The number of anilines is 1. The van der Waals surface area contributed by atoms with Gasteiger partial charge in [0, 0.05) is 27.3 Å². The number of imidazole rings is 1. The van der Waals surface area contributed by atoms with E-state index in [1.807, 2.05) is 35.9 Å². The van der Waals surface area contributed by atoms with Crippen LogP contribution in [0.25, 0.3) is 16.9 Å². The van der Waals surface area contributed by atoms with Crippen molar-refractivity contribution in [1.29, 1.82) is 0 Å². The van der Waals surface area contributed by atoms with Crippen LogP contribution >= 0.6 is 22.9 Å². The van der Waals surface area contributed by atoms with E-state index in [0.717, 1.165) is 34.1 Å². The molecule has 2 aromatic heterocycles. The lowest BCUT2D eigenvalue weighted by molar-refractivity contribution is -0.116. The average Bonchev–Trinajstić information content (AvgIpc) is 3.32. The Hall–Kier alpha value is -3.03. The molecule has 4 aromatic rings. The number of hydrogen-bond donors (Lipinski definition) is 1. The van der Waals surface area contributed by atoms with Gasteiger partial charge < -0.3 is 10.3 Å². The highest BCUT2D eigenvalue weighted by Gasteiger charge is 2.14. The number of hydrogen-bond acceptors (Lipinski definition) is 5. The number of aromatic nitrogens is 3. The van der Waals surface area contributed by atoms with Gasteiger partial charge in [-0.3, -0.25) is 4.79 Å². The molecule has 5 nitrogen and oxygen atoms in total. The van der Waals surface area contributed by atoms with Crippen LogP contribution in [0.5, 0.6) is 0 Å². The summed E-state index contributed by atoms with van der Waals surface area (Å²) in [6.45, 7) is 3.45. The van der Waals surface area contributed by atoms with Crippen molar-refractivity contribution in [2.75, 3.05) is 5.73 Å². The number of halogens is 2. The van der Waals surface area contributed by atoms with E-state index >= 15 is 0 Å². The molecule has 0 aliphatic heterocycles. The molecular weight excluding hydrogens is 483 g/mol. The van der Waals surface area contributed by atoms with Gasteiger partial charge in [-0.1, -0.05) is 24.1 Å². The first-order chi connectivity index (χ1) is 16.8. The van der Waals surface area contributed by atoms with Gasteiger partial charge in [-0.25, -0.2) is 14.4 Å². The molecule has 0 fully saturated rings. The molecule has 5 rings (SSSR count). The van der Waals surface area contributed by atoms with Crippen LogP contribution in [-0.4, -0.2) is 20.3 Å². The Morgan fingerprint density at radius 2 is 1.86 bits per heavy atom. The van der Waals surface area contributed by atoms with E-state index < -0.39 is 0 Å². The molecule has 1 aliphatic carbocycles. The summed E-state index contributed by atoms with van der Waals surface area (Å²) in [5, 5.41) is 1.44. The summed E-state index contributed by atoms with van der Waals surface area (Å²) < 4.78 is 15.0. The maximum absolute atomic E-state index is 13.2. The van der Waals surface area contributed by atoms with E-state index in [-0.39, 0.29) is 18.0 Å². The standard InChI is InChI=1S/C19H16ClFN2O.C8H12N2S/c1-12-9-14(3-8-17(12)20)18-11-23(19(22-18)10-13(2)24)16-6-4-15(21)5-7-16;9-8-10-6-4-2-1-3-5-7(6)11-8/h3-9,11H,10H2,1-2H3;1-5H2,(H2,9,10). The van der Waals surface area contributed by atoms with Gasteiger partial charge in [0.2, 0.25) is 0 Å². The third-order valence-electron chi connectivity index (χ3n) is 5.86. The quantitative estimate of drug-likeness (QED) is 0.307. The number of fused-ring (bicyclic) bond motifs is 1. The van der Waals surface area contributed by atoms with Gasteiger partial charge in [0.1, 0.15) is 17.4 Å². The van der Waals surface area contributed by atoms with Gasteiger partial charge in [-0.15, -0.1) is 11.3 Å². The summed E-state index contributed by atoms with van der Waals surface area (Å²) in [7, 11) is 0. The first kappa shape index (κ1) is 25.1. The molecule has 0 saturated carbocycles. The number of nitrogen functional groups attached to an aromatic ring is 1. The molecule has 0 radical (unpaired) electrons. The molecular formula is C27H28ClFN4OS. The van der Waals surface area contributed by atoms with E-state index in [0.29, 0.717) is 10.8 Å². The number of carbonyl (C=O) groups is 1. The predicted molar refractivity (Wildman–Crippen MR) is 141 cm³/mol. The zero-order valence-electron chi connectivity index (χ0n) is 19.9. The zero-order valence-corrected chi connectivity index (χ0v) is 21.4. The van der Waals surface area contributed by atoms with Crippen molar-refractivity contribution >= 4 is 33.9 Å². The number of benzene rings is 2. The number of rotatable bonds is 4. The second kappa shape index (κ2) is 11.1. The Morgan fingerprint density at radius 3 is 2.57 bits per heavy atom. The molecule has 1 aliphatic rings. The molecule has 2 aromatic carbocycles. The highest BCUT2D eigenvalue weighted by Crippen LogP contribution is 2.27. The van der Waals surface area contributed by atoms with Crippen LogP contribution in [0.15, 0.2) is 48.7 Å². The van der Waals surface area contributed by atoms with Crippen LogP contribution in [0.3, 0.4) is 0 Å². The summed E-state index contributed by atoms with van der Waals surface area (Å²) >= 11 is 7.75. The molecule has 2 heterocycles. The number of ketones is 1. The lowest BCUT2D eigenvalue weighted by Crippen LogP contribution is -2.05. The molecule has 0 bridgehead atoms. The van der Waals surface area contributed by atoms with Crippen molar-refractivity contribution in [1.82, 2.24) is 14.5 Å². The van der Waals surface area contributed by atoms with E-state index in [4.69, 9.17) is 17.3 Å². The SMILES string of the molecule is CC(=O)Cc1nc(-c2ccc(Cl)c(C)c2)cn1-c1ccc(F)cc1.Nc1nc2c(s1)CCCCC2. The lowest BCUT2D eigenvalue weighted by atomic mass is 10.1. The second-order valence-electron chi connectivity index (χ2n) is 8.71. The fraction of sp³-hybridized carbons (Fsp3) is 0.296. The number of nitrogens with two attached hydrogens (primary N) is 1. The van der Waals surface area contributed by atoms with Gasteiger partial charge in [-0.05, 0) is 81.5 Å². The number of carbonyl (C=O) groups excluding carboxylic acids is 1. The number of nitrogens with zero attached hydrogens (tertiary/aromatic N) is 3. The smallest absolute Gasteiger partial charge is 0.180 e. The predicted octanol–water partition coefficient (Wildman–Crippen LogP) is 6.77. The van der Waals surface area contributed by atoms with E-state index in [1.165, 1.54) is 55.3 Å². The van der Waals surface area contributed by atoms with Gasteiger partial charge in [-0.2, -0.15) is 0 Å². The van der Waals surface area contributed by atoms with Gasteiger partial charge in [0.05, 0.1) is 17.8 Å². The minimum Gasteiger partial charge on any atom is -0.375 e. The van der Waals surface area contributed by atoms with Crippen molar-refractivity contribution in [3.63, 3.8) is 0 Å². The van der Waals surface area contributed by atoms with Gasteiger partial charge >= 0.3 is 0 Å². The first-order valence-electron chi connectivity index (χ1n) is 11.6. The summed E-state index contributed by atoms with van der Waals surface area (Å²) in [6, 6.07) is 11.8. The Kier molecular flexibility index (Phi) is 7.98. The summed E-state index contributed by atoms with van der Waals surface area (Å²) in [4.78, 5) is 21.9. The number of Topliss-reactive ketones (excluding diaryl/α,β-unsaturated/α-hetero) is 1. The minimum absolute atomic E-state index is 0.0165. The highest BCUT2D eigenvalue weighted by atomic mass is 35.5. The molecule has 0 unspecified atom stereocenters. The van der Waals surface area contributed by atoms with Crippen LogP contribution < -0.4 is 5.73 Å². The monoisotopic (exact) mass is 510 g/mol. The Bertz CT molecular complexity index is 1310. The van der Waals surface area contributed by atoms with Crippen LogP contribution in [0, 0.1) is 12.7 Å². The van der Waals surface area contributed by atoms with Gasteiger partial charge in [0.15, 0.2) is 5.13 Å². The first-order valence-corrected chi connectivity index (χ1v) is 12.8. The highest BCUT2D eigenvalue weighted by molar-refractivity contribution is 7.15. The van der Waals surface area contributed by atoms with Crippen molar-refractivity contribution in [3.05, 3.63) is 81.5 Å². The van der Waals surface area contributed by atoms with E-state index in [1.54, 1.807) is 23.5 Å². The summed E-state index contributed by atoms with van der Waals surface area (Å²) in [5.41, 5.74) is 10.3. The van der Waals surface area contributed by atoms with Crippen molar-refractivity contribution in [2.45, 2.75) is 52.4 Å². The maximum atomic E-state index is 13.2. The second-order valence-corrected chi connectivity index (χ2v) is 10.2. The third kappa shape index (κ3) is 6.35. The molecule has 0 atom stereocenters. The average molecular weight is 511 g/mol. The minimum atomic E-state index is -0.305. The topological polar surface area (TPSA) is 73.8 Å². The fourth-order valence-corrected chi connectivity index (χ4v) is 5.12. The summed E-state index contributed by atoms with van der Waals surface area (Å²) in [5.74, 6) is 0.333. The molecule has 0 spiro atoms. The van der Waals surface area contributed by atoms with Crippen molar-refractivity contribution in [2.24, 2.45) is 0 Å². The molecule has 2 N–H and O–H groups in total. The van der Waals surface area contributed by atoms with Crippen LogP contribution in [-0.2, 0) is 24.1 Å². The van der Waals surface area contributed by atoms with Crippen molar-refractivity contribution in [3.8, 4) is 16.9 Å².